The standard InChI is InChI=1S/C18H30N2O3/c1-6-15(20-17(22)23-18(3,4)5)12-19-13(2)11-14-7-9-16(21)10-8-14/h7-10,13,15,19,21H,6,11-12H2,1-5H3,(H,20,22). The normalized spacial score (nSPS) is 14.1. The Labute approximate surface area is 139 Å². The smallest absolute Gasteiger partial charge is 0.407 e. The first-order valence-electron chi connectivity index (χ1n) is 8.20. The van der Waals surface area contributed by atoms with Crippen LogP contribution in [0, 0.1) is 0 Å². The Morgan fingerprint density at radius 2 is 1.87 bits per heavy atom. The molecule has 23 heavy (non-hydrogen) atoms. The topological polar surface area (TPSA) is 70.6 Å². The number of nitrogens with one attached hydrogen (secondary N) is 2. The van der Waals surface area contributed by atoms with E-state index in [0.717, 1.165) is 18.4 Å². The molecular weight excluding hydrogens is 292 g/mol. The van der Waals surface area contributed by atoms with Crippen molar-refractivity contribution in [3.63, 3.8) is 0 Å². The van der Waals surface area contributed by atoms with E-state index in [1.165, 1.54) is 0 Å². The van der Waals surface area contributed by atoms with Crippen molar-refractivity contribution in [3.8, 4) is 5.75 Å². The number of ether oxygens (including phenoxy) is 1. The molecule has 2 unspecified atom stereocenters. The minimum Gasteiger partial charge on any atom is -0.508 e. The van der Waals surface area contributed by atoms with E-state index in [0.29, 0.717) is 6.54 Å². The molecule has 0 aromatic heterocycles. The van der Waals surface area contributed by atoms with Crippen molar-refractivity contribution >= 4 is 6.09 Å². The number of alkyl carbamates (subject to hydrolysis) is 1. The number of carbonyl (C=O) groups excluding carboxylic acids is 1. The Kier molecular flexibility index (Phi) is 7.36. The van der Waals surface area contributed by atoms with Crippen LogP contribution in [0.1, 0.15) is 46.6 Å². The average Bonchev–Trinajstić information content (AvgIpc) is 2.44. The largest absolute Gasteiger partial charge is 0.508 e. The zero-order chi connectivity index (χ0) is 17.5. The zero-order valence-electron chi connectivity index (χ0n) is 14.8. The molecule has 130 valence electrons. The summed E-state index contributed by atoms with van der Waals surface area (Å²) in [6.45, 7) is 10.4. The summed E-state index contributed by atoms with van der Waals surface area (Å²) in [6.07, 6.45) is 1.32. The van der Waals surface area contributed by atoms with Gasteiger partial charge in [-0.15, -0.1) is 0 Å². The lowest BCUT2D eigenvalue weighted by molar-refractivity contribution is 0.0502. The summed E-state index contributed by atoms with van der Waals surface area (Å²) in [5.41, 5.74) is 0.679. The number of carbonyl (C=O) groups is 1. The summed E-state index contributed by atoms with van der Waals surface area (Å²) in [6, 6.07) is 7.54. The molecule has 0 saturated heterocycles. The highest BCUT2D eigenvalue weighted by Crippen LogP contribution is 2.11. The second-order valence-corrected chi connectivity index (χ2v) is 6.93. The zero-order valence-corrected chi connectivity index (χ0v) is 14.8. The molecule has 0 heterocycles. The predicted octanol–water partition coefficient (Wildman–Crippen LogP) is 3.22. The molecule has 1 aromatic carbocycles. The van der Waals surface area contributed by atoms with E-state index in [1.807, 2.05) is 39.8 Å². The van der Waals surface area contributed by atoms with Gasteiger partial charge in [0.15, 0.2) is 0 Å². The molecule has 2 atom stereocenters. The number of rotatable bonds is 7. The van der Waals surface area contributed by atoms with E-state index >= 15 is 0 Å². The van der Waals surface area contributed by atoms with Crippen LogP contribution >= 0.6 is 0 Å². The maximum absolute atomic E-state index is 11.8. The van der Waals surface area contributed by atoms with E-state index in [4.69, 9.17) is 4.74 Å². The Hall–Kier alpha value is -1.75. The molecule has 0 spiro atoms. The molecule has 0 saturated carbocycles. The van der Waals surface area contributed by atoms with Crippen LogP contribution in [-0.4, -0.2) is 35.4 Å². The van der Waals surface area contributed by atoms with Crippen LogP contribution in [0.15, 0.2) is 24.3 Å². The quantitative estimate of drug-likeness (QED) is 0.721. The minimum absolute atomic E-state index is 0.0344. The number of aromatic hydroxyl groups is 1. The Morgan fingerprint density at radius 3 is 2.39 bits per heavy atom. The first-order chi connectivity index (χ1) is 10.7. The van der Waals surface area contributed by atoms with Gasteiger partial charge in [0, 0.05) is 18.6 Å². The molecule has 0 aliphatic rings. The lowest BCUT2D eigenvalue weighted by Gasteiger charge is -2.24. The van der Waals surface area contributed by atoms with Gasteiger partial charge >= 0.3 is 6.09 Å². The van der Waals surface area contributed by atoms with Gasteiger partial charge in [-0.25, -0.2) is 4.79 Å². The van der Waals surface area contributed by atoms with E-state index in [-0.39, 0.29) is 23.9 Å². The van der Waals surface area contributed by atoms with Crippen LogP contribution in [0.5, 0.6) is 5.75 Å². The van der Waals surface area contributed by atoms with Gasteiger partial charge in [-0.2, -0.15) is 0 Å². The second kappa shape index (κ2) is 8.77. The molecule has 1 rings (SSSR count). The number of hydrogen-bond acceptors (Lipinski definition) is 4. The van der Waals surface area contributed by atoms with Crippen molar-refractivity contribution in [1.29, 1.82) is 0 Å². The van der Waals surface area contributed by atoms with Crippen LogP contribution in [0.25, 0.3) is 0 Å². The molecule has 0 aliphatic carbocycles. The third-order valence-electron chi connectivity index (χ3n) is 3.40. The van der Waals surface area contributed by atoms with E-state index < -0.39 is 5.60 Å². The summed E-state index contributed by atoms with van der Waals surface area (Å²) < 4.78 is 5.28. The first-order valence-corrected chi connectivity index (χ1v) is 8.20. The number of phenolic OH excluding ortho intramolecular Hbond substituents is 1. The fraction of sp³-hybridized carbons (Fsp3) is 0.611. The van der Waals surface area contributed by atoms with E-state index in [1.54, 1.807) is 12.1 Å². The SMILES string of the molecule is CCC(CNC(C)Cc1ccc(O)cc1)NC(=O)OC(C)(C)C. The molecule has 5 heteroatoms. The van der Waals surface area contributed by atoms with Gasteiger partial charge in [-0.05, 0) is 58.2 Å². The molecule has 1 amide bonds. The van der Waals surface area contributed by atoms with Gasteiger partial charge in [0.05, 0.1) is 0 Å². The molecule has 0 bridgehead atoms. The van der Waals surface area contributed by atoms with Gasteiger partial charge in [0.1, 0.15) is 11.4 Å². The van der Waals surface area contributed by atoms with Gasteiger partial charge < -0.3 is 20.5 Å². The number of phenols is 1. The summed E-state index contributed by atoms with van der Waals surface area (Å²) in [4.78, 5) is 11.8. The number of benzene rings is 1. The monoisotopic (exact) mass is 322 g/mol. The highest BCUT2D eigenvalue weighted by Gasteiger charge is 2.19. The molecule has 0 fully saturated rings. The highest BCUT2D eigenvalue weighted by atomic mass is 16.6. The van der Waals surface area contributed by atoms with Crippen molar-refractivity contribution in [3.05, 3.63) is 29.8 Å². The third kappa shape index (κ3) is 8.45. The maximum atomic E-state index is 11.8. The molecule has 1 aromatic rings. The lowest BCUT2D eigenvalue weighted by atomic mass is 10.1. The molecule has 0 radical (unpaired) electrons. The predicted molar refractivity (Wildman–Crippen MR) is 92.7 cm³/mol. The van der Waals surface area contributed by atoms with Crippen molar-refractivity contribution in [1.82, 2.24) is 10.6 Å². The van der Waals surface area contributed by atoms with Crippen LogP contribution in [-0.2, 0) is 11.2 Å². The first kappa shape index (κ1) is 19.3. The summed E-state index contributed by atoms with van der Waals surface area (Å²) in [7, 11) is 0. The van der Waals surface area contributed by atoms with E-state index in [9.17, 15) is 9.90 Å². The average molecular weight is 322 g/mol. The van der Waals surface area contributed by atoms with Gasteiger partial charge in [0.25, 0.3) is 0 Å². The Morgan fingerprint density at radius 1 is 1.26 bits per heavy atom. The molecule has 3 N–H and O–H groups in total. The van der Waals surface area contributed by atoms with Crippen molar-refractivity contribution in [2.24, 2.45) is 0 Å². The van der Waals surface area contributed by atoms with Gasteiger partial charge in [-0.1, -0.05) is 19.1 Å². The van der Waals surface area contributed by atoms with E-state index in [2.05, 4.69) is 17.6 Å². The summed E-state index contributed by atoms with van der Waals surface area (Å²) in [5, 5.41) is 15.6. The van der Waals surface area contributed by atoms with Crippen molar-refractivity contribution < 1.29 is 14.6 Å². The van der Waals surface area contributed by atoms with Gasteiger partial charge in [-0.3, -0.25) is 0 Å². The van der Waals surface area contributed by atoms with Gasteiger partial charge in [0.2, 0.25) is 0 Å². The van der Waals surface area contributed by atoms with Crippen molar-refractivity contribution in [2.45, 2.75) is 65.1 Å². The molecule has 0 aliphatic heterocycles. The second-order valence-electron chi connectivity index (χ2n) is 6.93. The number of hydrogen-bond donors (Lipinski definition) is 3. The lowest BCUT2D eigenvalue weighted by Crippen LogP contribution is -2.46. The Bertz CT molecular complexity index is 480. The fourth-order valence-corrected chi connectivity index (χ4v) is 2.17. The van der Waals surface area contributed by atoms with Crippen LogP contribution < -0.4 is 10.6 Å². The third-order valence-corrected chi connectivity index (χ3v) is 3.40. The molecular formula is C18H30N2O3. The maximum Gasteiger partial charge on any atom is 0.407 e. The highest BCUT2D eigenvalue weighted by molar-refractivity contribution is 5.68. The molecule has 5 nitrogen and oxygen atoms in total. The van der Waals surface area contributed by atoms with Crippen LogP contribution in [0.2, 0.25) is 0 Å². The van der Waals surface area contributed by atoms with Crippen molar-refractivity contribution in [2.75, 3.05) is 6.54 Å². The van der Waals surface area contributed by atoms with Crippen LogP contribution in [0.3, 0.4) is 0 Å². The minimum atomic E-state index is -0.484. The summed E-state index contributed by atoms with van der Waals surface area (Å²) >= 11 is 0. The number of amides is 1. The Balaban J connectivity index is 2.38. The van der Waals surface area contributed by atoms with Crippen LogP contribution in [0.4, 0.5) is 4.79 Å². The fourth-order valence-electron chi connectivity index (χ4n) is 2.17. The summed E-state index contributed by atoms with van der Waals surface area (Å²) in [5.74, 6) is 0.280.